The number of terminal acetylenes is 1. The van der Waals surface area contributed by atoms with Crippen molar-refractivity contribution in [1.82, 2.24) is 0 Å². The van der Waals surface area contributed by atoms with Gasteiger partial charge in [-0.1, -0.05) is 95.6 Å². The Balaban J connectivity index is -0.0000000575. The van der Waals surface area contributed by atoms with Crippen molar-refractivity contribution in [2.45, 2.75) is 81.6 Å². The second-order valence-electron chi connectivity index (χ2n) is 3.93. The first-order valence-corrected chi connectivity index (χ1v) is 8.42. The summed E-state index contributed by atoms with van der Waals surface area (Å²) in [6.45, 7) is 21.7. The second kappa shape index (κ2) is 50.4. The molecule has 0 unspecified atom stereocenters. The van der Waals surface area contributed by atoms with Crippen molar-refractivity contribution in [2.24, 2.45) is 0 Å². The Morgan fingerprint density at radius 1 is 1.00 bits per heavy atom. The van der Waals surface area contributed by atoms with E-state index in [2.05, 4.69) is 32.8 Å². The summed E-state index contributed by atoms with van der Waals surface area (Å²) in [5, 5.41) is 0. The molecule has 0 aliphatic rings. The van der Waals surface area contributed by atoms with E-state index in [0.717, 1.165) is 0 Å². The molecule has 0 radical (unpaired) electrons. The van der Waals surface area contributed by atoms with Crippen LogP contribution in [0.1, 0.15) is 81.6 Å². The van der Waals surface area contributed by atoms with Crippen LogP contribution in [-0.4, -0.2) is 0 Å². The van der Waals surface area contributed by atoms with Crippen LogP contribution in [0.3, 0.4) is 0 Å². The topological polar surface area (TPSA) is 0 Å². The third kappa shape index (κ3) is 101. The fraction of sp³-hybridized carbons (Fsp3) is 0.545. The monoisotopic (exact) mass is 306 g/mol. The molecule has 0 saturated heterocycles. The third-order valence-corrected chi connectivity index (χ3v) is 1.98. The van der Waals surface area contributed by atoms with Gasteiger partial charge in [-0.3, -0.25) is 0 Å². The highest BCUT2D eigenvalue weighted by Crippen LogP contribution is 1.88. The van der Waals surface area contributed by atoms with Crippen molar-refractivity contribution in [3.05, 3.63) is 48.6 Å². The number of rotatable bonds is 4. The smallest absolute Gasteiger partial charge is 0.00297 e. The molecule has 0 heterocycles. The average molecular weight is 307 g/mol. The Morgan fingerprint density at radius 3 is 1.36 bits per heavy atom. The summed E-state index contributed by atoms with van der Waals surface area (Å²) in [7, 11) is 0. The van der Waals surface area contributed by atoms with Gasteiger partial charge in [-0.25, -0.2) is 0 Å². The van der Waals surface area contributed by atoms with Crippen molar-refractivity contribution in [2.75, 3.05) is 0 Å². The molecule has 0 aromatic carbocycles. The first kappa shape index (κ1) is 32.5. The summed E-state index contributed by atoms with van der Waals surface area (Å²) in [6, 6.07) is 0. The molecule has 0 saturated carbocycles. The predicted molar refractivity (Wildman–Crippen MR) is 110 cm³/mol. The highest BCUT2D eigenvalue weighted by Gasteiger charge is 1.68. The average Bonchev–Trinajstić information content (AvgIpc) is 2.56. The van der Waals surface area contributed by atoms with Gasteiger partial charge in [0.15, 0.2) is 0 Å². The highest BCUT2D eigenvalue weighted by atomic mass is 13.7. The summed E-state index contributed by atoms with van der Waals surface area (Å²) < 4.78 is 0. The maximum atomic E-state index is 4.60. The zero-order valence-electron chi connectivity index (χ0n) is 16.9. The van der Waals surface area contributed by atoms with Crippen LogP contribution in [0.4, 0.5) is 0 Å². The molecular weight excluding hydrogens is 264 g/mol. The third-order valence-electron chi connectivity index (χ3n) is 1.98. The van der Waals surface area contributed by atoms with Crippen LogP contribution >= 0.6 is 0 Å². The quantitative estimate of drug-likeness (QED) is 0.363. The van der Waals surface area contributed by atoms with Crippen LogP contribution in [0.2, 0.25) is 0 Å². The van der Waals surface area contributed by atoms with Crippen molar-refractivity contribution < 1.29 is 0 Å². The normalized spacial score (nSPS) is 8.82. The lowest BCUT2D eigenvalue weighted by Gasteiger charge is -1.79. The van der Waals surface area contributed by atoms with Crippen LogP contribution in [0, 0.1) is 12.3 Å². The van der Waals surface area contributed by atoms with Gasteiger partial charge in [0.2, 0.25) is 0 Å². The van der Waals surface area contributed by atoms with Gasteiger partial charge in [0.25, 0.3) is 0 Å². The van der Waals surface area contributed by atoms with Gasteiger partial charge < -0.3 is 0 Å². The number of unbranched alkanes of at least 4 members (excludes halogenated alkanes) is 2. The largest absolute Gasteiger partial charge is 0.120 e. The molecule has 0 aromatic rings. The van der Waals surface area contributed by atoms with Crippen molar-refractivity contribution in [3.63, 3.8) is 0 Å². The molecule has 0 aliphatic carbocycles. The SMILES string of the molecule is C#CC.C/C=C\C=C/C.C=C/C(C)=C\C.CC.CCCCC. The predicted octanol–water partition coefficient (Wildman–Crippen LogP) is 8.14. The summed E-state index contributed by atoms with van der Waals surface area (Å²) in [4.78, 5) is 0. The highest BCUT2D eigenvalue weighted by molar-refractivity contribution is 5.10. The number of hydrogen-bond acceptors (Lipinski definition) is 0. The van der Waals surface area contributed by atoms with Crippen LogP contribution in [-0.2, 0) is 0 Å². The van der Waals surface area contributed by atoms with E-state index in [9.17, 15) is 0 Å². The Bertz CT molecular complexity index is 257. The molecule has 0 N–H and O–H groups in total. The summed E-state index contributed by atoms with van der Waals surface area (Å²) in [6.07, 6.45) is 20.5. The lowest BCUT2D eigenvalue weighted by Crippen LogP contribution is -1.59. The summed E-state index contributed by atoms with van der Waals surface area (Å²) >= 11 is 0. The second-order valence-corrected chi connectivity index (χ2v) is 3.93. The molecule has 22 heavy (non-hydrogen) atoms. The molecule has 0 fully saturated rings. The summed E-state index contributed by atoms with van der Waals surface area (Å²) in [5.74, 6) is 2.25. The Labute approximate surface area is 143 Å². The molecule has 0 aliphatic heterocycles. The maximum absolute atomic E-state index is 4.60. The molecule has 0 amide bonds. The van der Waals surface area contributed by atoms with E-state index in [4.69, 9.17) is 0 Å². The van der Waals surface area contributed by atoms with E-state index in [1.807, 2.05) is 78.0 Å². The van der Waals surface area contributed by atoms with E-state index in [0.29, 0.717) is 0 Å². The fourth-order valence-electron chi connectivity index (χ4n) is 0.694. The Kier molecular flexibility index (Phi) is 74.4. The minimum Gasteiger partial charge on any atom is -0.120 e. The fourth-order valence-corrected chi connectivity index (χ4v) is 0.694. The molecule has 0 spiro atoms. The Morgan fingerprint density at radius 2 is 1.32 bits per heavy atom. The summed E-state index contributed by atoms with van der Waals surface area (Å²) in [5.41, 5.74) is 1.23. The van der Waals surface area contributed by atoms with Gasteiger partial charge >= 0.3 is 0 Å². The molecule has 0 atom stereocenters. The minimum absolute atomic E-state index is 1.23. The molecule has 0 aromatic heterocycles. The zero-order valence-corrected chi connectivity index (χ0v) is 16.9. The van der Waals surface area contributed by atoms with E-state index in [-0.39, 0.29) is 0 Å². The lowest BCUT2D eigenvalue weighted by molar-refractivity contribution is 0.772. The van der Waals surface area contributed by atoms with Gasteiger partial charge in [0, 0.05) is 0 Å². The van der Waals surface area contributed by atoms with Crippen molar-refractivity contribution >= 4 is 0 Å². The van der Waals surface area contributed by atoms with Crippen molar-refractivity contribution in [3.8, 4) is 12.3 Å². The zero-order chi connectivity index (χ0) is 18.6. The first-order chi connectivity index (χ1) is 10.6. The number of allylic oxidation sites excluding steroid dienone is 7. The van der Waals surface area contributed by atoms with Crippen LogP contribution < -0.4 is 0 Å². The molecular formula is C22H42. The van der Waals surface area contributed by atoms with E-state index in [1.165, 1.54) is 24.8 Å². The van der Waals surface area contributed by atoms with E-state index in [1.54, 1.807) is 6.92 Å². The molecule has 0 bridgehead atoms. The van der Waals surface area contributed by atoms with Crippen LogP contribution in [0.5, 0.6) is 0 Å². The molecule has 0 rings (SSSR count). The lowest BCUT2D eigenvalue weighted by atomic mass is 10.3. The van der Waals surface area contributed by atoms with Gasteiger partial charge in [-0.15, -0.1) is 12.3 Å². The van der Waals surface area contributed by atoms with Gasteiger partial charge in [0.1, 0.15) is 0 Å². The standard InChI is InChI=1S/2C6H10.C5H12.C3H4.C2H6/c1-4-6(3)5-2;1-3-5-6-4-2;1-3-5-4-2;1-3-2;1-2/h4-5H,1H2,2-3H3;3-6H,1-2H3;3-5H2,1-2H3;1H,2H3;1-2H3/b6-5-;5-3-,6-4-;;;. The maximum Gasteiger partial charge on any atom is -0.00297 e. The first-order valence-electron chi connectivity index (χ1n) is 8.42. The minimum atomic E-state index is 1.23. The number of hydrogen-bond donors (Lipinski definition) is 0. The van der Waals surface area contributed by atoms with Gasteiger partial charge in [0.05, 0.1) is 0 Å². The van der Waals surface area contributed by atoms with Gasteiger partial charge in [-0.05, 0) is 34.6 Å². The van der Waals surface area contributed by atoms with E-state index >= 15 is 0 Å². The van der Waals surface area contributed by atoms with Crippen LogP contribution in [0.25, 0.3) is 0 Å². The molecule has 130 valence electrons. The van der Waals surface area contributed by atoms with Gasteiger partial charge in [-0.2, -0.15) is 0 Å². The van der Waals surface area contributed by atoms with E-state index < -0.39 is 0 Å². The Hall–Kier alpha value is -1.48. The molecule has 0 heteroatoms. The molecule has 0 nitrogen and oxygen atoms in total. The van der Waals surface area contributed by atoms with Crippen molar-refractivity contribution in [1.29, 1.82) is 0 Å². The van der Waals surface area contributed by atoms with Crippen LogP contribution in [0.15, 0.2) is 48.6 Å².